The molecule has 0 fully saturated rings. The first-order valence-electron chi connectivity index (χ1n) is 9.13. The number of benzene rings is 3. The average molecular weight is 463 g/mol. The zero-order chi connectivity index (χ0) is 20.4. The number of rotatable bonds is 2. The fraction of sp³-hybridized carbons (Fsp3) is 0.208. The number of hydrogen-bond acceptors (Lipinski definition) is 1. The van der Waals surface area contributed by atoms with Gasteiger partial charge in [0.15, 0.2) is 0 Å². The summed E-state index contributed by atoms with van der Waals surface area (Å²) in [4.78, 5) is 4.68. The number of nitrogens with zero attached hydrogens (tertiary/aromatic N) is 4. The minimum absolute atomic E-state index is 0. The van der Waals surface area contributed by atoms with Gasteiger partial charge in [-0.3, -0.25) is 4.98 Å². The fourth-order valence-corrected chi connectivity index (χ4v) is 3.01. The van der Waals surface area contributed by atoms with Gasteiger partial charge in [-0.15, -0.1) is 12.7 Å². The summed E-state index contributed by atoms with van der Waals surface area (Å²) in [5, 5.41) is 16.2. The first-order chi connectivity index (χ1) is 13.7. The van der Waals surface area contributed by atoms with Crippen LogP contribution in [-0.2, 0) is 26.2 Å². The zero-order valence-corrected chi connectivity index (χ0v) is 20.2. The second-order valence-corrected chi connectivity index (χ2v) is 6.18. The van der Waals surface area contributed by atoms with Crippen LogP contribution in [0.25, 0.3) is 48.8 Å². The van der Waals surface area contributed by atoms with E-state index in [1.165, 1.54) is 16.2 Å². The Kier molecular flexibility index (Phi) is 11.4. The Hall–Kier alpha value is -2.07. The summed E-state index contributed by atoms with van der Waals surface area (Å²) in [6.07, 6.45) is 1.87. The normalized spacial score (nSPS) is 9.55. The van der Waals surface area contributed by atoms with E-state index in [1.807, 2.05) is 19.3 Å². The van der Waals surface area contributed by atoms with Gasteiger partial charge in [0, 0.05) is 11.6 Å². The minimum atomic E-state index is 0. The Morgan fingerprint density at radius 3 is 1.72 bits per heavy atom. The summed E-state index contributed by atoms with van der Waals surface area (Å²) in [5.74, 6) is 0. The van der Waals surface area contributed by atoms with Crippen molar-refractivity contribution < 1.29 is 26.2 Å². The topological polar surface area (TPSA) is 55.2 Å². The van der Waals surface area contributed by atoms with E-state index in [0.717, 1.165) is 22.3 Å². The third kappa shape index (κ3) is 6.20. The maximum absolute atomic E-state index is 4.68. The van der Waals surface area contributed by atoms with Crippen molar-refractivity contribution in [1.82, 2.24) is 4.98 Å². The van der Waals surface area contributed by atoms with Crippen LogP contribution in [0.5, 0.6) is 0 Å². The van der Waals surface area contributed by atoms with Gasteiger partial charge >= 0.3 is 26.2 Å². The van der Waals surface area contributed by atoms with Crippen molar-refractivity contribution in [2.24, 2.45) is 0 Å². The molecule has 0 aliphatic heterocycles. The van der Waals surface area contributed by atoms with E-state index in [9.17, 15) is 0 Å². The minimum Gasteiger partial charge on any atom is -0.686 e. The van der Waals surface area contributed by atoms with Crippen molar-refractivity contribution in [3.05, 3.63) is 88.9 Å². The van der Waals surface area contributed by atoms with Gasteiger partial charge in [0.25, 0.3) is 0 Å². The molecule has 0 atom stereocenters. The summed E-state index contributed by atoms with van der Waals surface area (Å²) in [7, 11) is 8.83. The molecular formula is C24H27N4Zr. The average Bonchev–Trinajstić information content (AvgIpc) is 2.74. The predicted octanol–water partition coefficient (Wildman–Crippen LogP) is 6.93. The molecule has 1 aromatic heterocycles. The molecule has 0 amide bonds. The van der Waals surface area contributed by atoms with Crippen LogP contribution in [0.3, 0.4) is 0 Å². The van der Waals surface area contributed by atoms with Crippen molar-refractivity contribution in [3.8, 4) is 11.3 Å². The summed E-state index contributed by atoms with van der Waals surface area (Å²) in [6, 6.07) is 23.0. The molecule has 0 saturated heterocycles. The van der Waals surface area contributed by atoms with Crippen molar-refractivity contribution in [3.63, 3.8) is 0 Å². The van der Waals surface area contributed by atoms with Gasteiger partial charge in [0.2, 0.25) is 0 Å². The van der Waals surface area contributed by atoms with Gasteiger partial charge in [-0.25, -0.2) is 0 Å². The second kappa shape index (κ2) is 13.2. The molecule has 4 nitrogen and oxygen atoms in total. The van der Waals surface area contributed by atoms with E-state index in [4.69, 9.17) is 0 Å². The first-order valence-corrected chi connectivity index (χ1v) is 9.13. The van der Waals surface area contributed by atoms with Gasteiger partial charge in [0.1, 0.15) is 0 Å². The van der Waals surface area contributed by atoms with Crippen molar-refractivity contribution in [1.29, 1.82) is 0 Å². The van der Waals surface area contributed by atoms with E-state index in [2.05, 4.69) is 81.6 Å². The van der Waals surface area contributed by atoms with E-state index < -0.39 is 0 Å². The quantitative estimate of drug-likeness (QED) is 0.319. The molecule has 4 aromatic rings. The Balaban J connectivity index is 0.000000540. The fourth-order valence-electron chi connectivity index (χ4n) is 3.01. The SMILES string of the molecule is C[N-]C.C[N-]C.C[N-]c1ccc2ccccc2c1-c1nccc2ccccc12.[Zr+3]. The van der Waals surface area contributed by atoms with Gasteiger partial charge in [-0.1, -0.05) is 60.7 Å². The monoisotopic (exact) mass is 461 g/mol. The largest absolute Gasteiger partial charge is 3.00 e. The van der Waals surface area contributed by atoms with E-state index in [1.54, 1.807) is 28.2 Å². The van der Waals surface area contributed by atoms with Crippen LogP contribution in [-0.4, -0.2) is 40.2 Å². The predicted molar refractivity (Wildman–Crippen MR) is 124 cm³/mol. The molecule has 3 aromatic carbocycles. The van der Waals surface area contributed by atoms with Gasteiger partial charge in [-0.2, -0.15) is 28.2 Å². The van der Waals surface area contributed by atoms with Crippen LogP contribution >= 0.6 is 0 Å². The molecule has 1 heterocycles. The van der Waals surface area contributed by atoms with Crippen LogP contribution in [0, 0.1) is 0 Å². The summed E-state index contributed by atoms with van der Waals surface area (Å²) in [6.45, 7) is 0. The Morgan fingerprint density at radius 1 is 0.621 bits per heavy atom. The molecule has 0 aliphatic carbocycles. The van der Waals surface area contributed by atoms with Crippen LogP contribution in [0.2, 0.25) is 0 Å². The third-order valence-corrected chi connectivity index (χ3v) is 4.06. The molecule has 0 N–H and O–H groups in total. The second-order valence-electron chi connectivity index (χ2n) is 6.18. The van der Waals surface area contributed by atoms with Crippen molar-refractivity contribution >= 4 is 27.2 Å². The van der Waals surface area contributed by atoms with Crippen LogP contribution in [0.1, 0.15) is 0 Å². The maximum atomic E-state index is 4.68. The molecule has 0 saturated carbocycles. The van der Waals surface area contributed by atoms with Gasteiger partial charge in [-0.05, 0) is 27.8 Å². The van der Waals surface area contributed by atoms with Crippen LogP contribution in [0.15, 0.2) is 72.9 Å². The Morgan fingerprint density at radius 2 is 1.14 bits per heavy atom. The molecule has 0 bridgehead atoms. The molecule has 0 unspecified atom stereocenters. The van der Waals surface area contributed by atoms with Gasteiger partial charge < -0.3 is 16.0 Å². The number of aromatic nitrogens is 1. The first kappa shape index (κ1) is 25.0. The Bertz CT molecular complexity index is 1010. The smallest absolute Gasteiger partial charge is 0.686 e. The van der Waals surface area contributed by atoms with Crippen LogP contribution < -0.4 is 0 Å². The maximum Gasteiger partial charge on any atom is 3.00 e. The van der Waals surface area contributed by atoms with Crippen molar-refractivity contribution in [2.45, 2.75) is 0 Å². The molecule has 29 heavy (non-hydrogen) atoms. The molecule has 1 radical (unpaired) electrons. The van der Waals surface area contributed by atoms with Crippen LogP contribution in [0.4, 0.5) is 5.69 Å². The number of pyridine rings is 1. The summed E-state index contributed by atoms with van der Waals surface area (Å²) < 4.78 is 0. The van der Waals surface area contributed by atoms with Crippen molar-refractivity contribution in [2.75, 3.05) is 35.2 Å². The summed E-state index contributed by atoms with van der Waals surface area (Å²) in [5.41, 5.74) is 3.08. The molecule has 4 rings (SSSR count). The molecule has 0 aliphatic rings. The third-order valence-electron chi connectivity index (χ3n) is 4.06. The summed E-state index contributed by atoms with van der Waals surface area (Å²) >= 11 is 0. The number of hydrogen-bond donors (Lipinski definition) is 0. The number of fused-ring (bicyclic) bond motifs is 2. The molecule has 147 valence electrons. The van der Waals surface area contributed by atoms with E-state index in [-0.39, 0.29) is 26.2 Å². The van der Waals surface area contributed by atoms with E-state index >= 15 is 0 Å². The zero-order valence-electron chi connectivity index (χ0n) is 17.7. The van der Waals surface area contributed by atoms with Gasteiger partial charge in [0.05, 0.1) is 5.69 Å². The standard InChI is InChI=1S/C20H15N2.2C2H6N.Zr/c1-21-18-11-10-14-6-2-4-8-16(14)19(18)20-17-9-5-3-7-15(17)12-13-22-20;2*1-3-2;/h2-13H,1H3;2*1-2H3;/q3*-1;+3. The Labute approximate surface area is 193 Å². The molecular weight excluding hydrogens is 436 g/mol. The van der Waals surface area contributed by atoms with E-state index in [0.29, 0.717) is 0 Å². The molecule has 5 heteroatoms. The molecule has 0 spiro atoms.